The highest BCUT2D eigenvalue weighted by atomic mass is 32.2. The Morgan fingerprint density at radius 3 is 2.47 bits per heavy atom. The van der Waals surface area contributed by atoms with E-state index in [0.29, 0.717) is 0 Å². The van der Waals surface area contributed by atoms with Gasteiger partial charge in [0.05, 0.1) is 12.4 Å². The van der Waals surface area contributed by atoms with Gasteiger partial charge in [-0.25, -0.2) is 23.1 Å². The zero-order chi connectivity index (χ0) is 13.1. The van der Waals surface area contributed by atoms with Crippen LogP contribution in [-0.4, -0.2) is 40.6 Å². The van der Waals surface area contributed by atoms with Crippen molar-refractivity contribution in [3.63, 3.8) is 0 Å². The first-order chi connectivity index (χ1) is 7.83. The first-order valence-electron chi connectivity index (χ1n) is 4.72. The van der Waals surface area contributed by atoms with Gasteiger partial charge in [0.2, 0.25) is 16.0 Å². The SMILES string of the molecule is CC(CNS(=O)(=O)c1cnc(N)nc1)S(C)=O. The summed E-state index contributed by atoms with van der Waals surface area (Å²) in [5.74, 6) is 0.00646. The van der Waals surface area contributed by atoms with Gasteiger partial charge in [0.25, 0.3) is 0 Å². The smallest absolute Gasteiger partial charge is 0.243 e. The van der Waals surface area contributed by atoms with Gasteiger partial charge in [0.1, 0.15) is 4.90 Å². The maximum Gasteiger partial charge on any atom is 0.243 e. The van der Waals surface area contributed by atoms with Crippen LogP contribution in [0.2, 0.25) is 0 Å². The maximum absolute atomic E-state index is 11.7. The summed E-state index contributed by atoms with van der Waals surface area (Å²) in [5, 5.41) is -0.264. The first-order valence-corrected chi connectivity index (χ1v) is 7.83. The van der Waals surface area contributed by atoms with E-state index < -0.39 is 20.8 Å². The van der Waals surface area contributed by atoms with Crippen LogP contribution in [0.3, 0.4) is 0 Å². The summed E-state index contributed by atoms with van der Waals surface area (Å²) < 4.78 is 36.9. The van der Waals surface area contributed by atoms with Crippen LogP contribution in [0.25, 0.3) is 0 Å². The second-order valence-electron chi connectivity index (χ2n) is 3.44. The number of anilines is 1. The van der Waals surface area contributed by atoms with Crippen molar-refractivity contribution in [1.29, 1.82) is 0 Å². The zero-order valence-corrected chi connectivity index (χ0v) is 11.1. The Hall–Kier alpha value is -1.06. The van der Waals surface area contributed by atoms with E-state index in [2.05, 4.69) is 14.7 Å². The minimum atomic E-state index is -3.67. The first kappa shape index (κ1) is 14.0. The van der Waals surface area contributed by atoms with Crippen LogP contribution < -0.4 is 10.5 Å². The summed E-state index contributed by atoms with van der Waals surface area (Å²) in [6.07, 6.45) is 3.77. The molecule has 0 fully saturated rings. The van der Waals surface area contributed by atoms with Crippen molar-refractivity contribution in [2.75, 3.05) is 18.5 Å². The van der Waals surface area contributed by atoms with E-state index in [0.717, 1.165) is 12.4 Å². The number of nitrogens with one attached hydrogen (secondary N) is 1. The Labute approximate surface area is 102 Å². The lowest BCUT2D eigenvalue weighted by atomic mass is 10.5. The minimum absolute atomic E-state index is 0.00646. The molecule has 0 aliphatic carbocycles. The summed E-state index contributed by atoms with van der Waals surface area (Å²) in [5.41, 5.74) is 5.25. The average molecular weight is 278 g/mol. The molecule has 0 aliphatic rings. The maximum atomic E-state index is 11.7. The van der Waals surface area contributed by atoms with E-state index in [9.17, 15) is 12.6 Å². The number of hydrogen-bond acceptors (Lipinski definition) is 6. The molecule has 0 bridgehead atoms. The third-order valence-corrected chi connectivity index (χ3v) is 4.76. The largest absolute Gasteiger partial charge is 0.368 e. The van der Waals surface area contributed by atoms with Crippen molar-refractivity contribution < 1.29 is 12.6 Å². The molecule has 1 aromatic heterocycles. The van der Waals surface area contributed by atoms with Crippen molar-refractivity contribution in [2.45, 2.75) is 17.1 Å². The van der Waals surface area contributed by atoms with E-state index in [1.807, 2.05) is 0 Å². The quantitative estimate of drug-likeness (QED) is 0.721. The Morgan fingerprint density at radius 1 is 1.47 bits per heavy atom. The summed E-state index contributed by atoms with van der Waals surface area (Å²) in [4.78, 5) is 7.12. The van der Waals surface area contributed by atoms with Gasteiger partial charge in [-0.15, -0.1) is 0 Å². The molecule has 0 aromatic carbocycles. The van der Waals surface area contributed by atoms with Gasteiger partial charge in [-0.05, 0) is 6.92 Å². The van der Waals surface area contributed by atoms with Crippen LogP contribution in [0.15, 0.2) is 17.3 Å². The third kappa shape index (κ3) is 4.02. The molecule has 96 valence electrons. The summed E-state index contributed by atoms with van der Waals surface area (Å²) >= 11 is 0. The van der Waals surface area contributed by atoms with Crippen molar-refractivity contribution >= 4 is 26.8 Å². The number of aromatic nitrogens is 2. The monoisotopic (exact) mass is 278 g/mol. The number of nitrogens with two attached hydrogens (primary N) is 1. The van der Waals surface area contributed by atoms with Gasteiger partial charge in [0, 0.05) is 28.9 Å². The van der Waals surface area contributed by atoms with Crippen LogP contribution in [0.1, 0.15) is 6.92 Å². The van der Waals surface area contributed by atoms with Crippen molar-refractivity contribution in [2.24, 2.45) is 0 Å². The van der Waals surface area contributed by atoms with Gasteiger partial charge in [-0.3, -0.25) is 4.21 Å². The highest BCUT2D eigenvalue weighted by Crippen LogP contribution is 2.06. The zero-order valence-electron chi connectivity index (χ0n) is 9.45. The molecule has 0 saturated carbocycles. The Morgan fingerprint density at radius 2 is 2.00 bits per heavy atom. The fourth-order valence-electron chi connectivity index (χ4n) is 0.893. The molecule has 0 spiro atoms. The molecular formula is C8H14N4O3S2. The van der Waals surface area contributed by atoms with E-state index in [-0.39, 0.29) is 22.6 Å². The molecule has 1 rings (SSSR count). The predicted molar refractivity (Wildman–Crippen MR) is 65.2 cm³/mol. The number of rotatable bonds is 5. The van der Waals surface area contributed by atoms with Crippen LogP contribution in [-0.2, 0) is 20.8 Å². The topological polar surface area (TPSA) is 115 Å². The van der Waals surface area contributed by atoms with Crippen LogP contribution in [0.4, 0.5) is 5.95 Å². The van der Waals surface area contributed by atoms with Crippen molar-refractivity contribution in [3.8, 4) is 0 Å². The number of nitrogens with zero attached hydrogens (tertiary/aromatic N) is 2. The fourth-order valence-corrected chi connectivity index (χ4v) is 2.34. The summed E-state index contributed by atoms with van der Waals surface area (Å²) in [7, 11) is -4.75. The van der Waals surface area contributed by atoms with E-state index in [1.54, 1.807) is 6.92 Å². The minimum Gasteiger partial charge on any atom is -0.368 e. The van der Waals surface area contributed by atoms with Gasteiger partial charge >= 0.3 is 0 Å². The highest BCUT2D eigenvalue weighted by molar-refractivity contribution is 7.89. The fraction of sp³-hybridized carbons (Fsp3) is 0.500. The summed E-state index contributed by atoms with van der Waals surface area (Å²) in [6, 6.07) is 0. The van der Waals surface area contributed by atoms with Crippen molar-refractivity contribution in [1.82, 2.24) is 14.7 Å². The Kier molecular flexibility index (Phi) is 4.54. The Bertz CT molecular complexity index is 500. The lowest BCUT2D eigenvalue weighted by molar-refractivity contribution is 0.580. The molecular weight excluding hydrogens is 264 g/mol. The van der Waals surface area contributed by atoms with Gasteiger partial charge in [0.15, 0.2) is 0 Å². The Balaban J connectivity index is 2.76. The molecule has 17 heavy (non-hydrogen) atoms. The lowest BCUT2D eigenvalue weighted by Crippen LogP contribution is -2.32. The molecule has 1 aromatic rings. The van der Waals surface area contributed by atoms with Crippen molar-refractivity contribution in [3.05, 3.63) is 12.4 Å². The normalized spacial score (nSPS) is 15.4. The molecule has 0 aliphatic heterocycles. The number of sulfonamides is 1. The molecule has 2 atom stereocenters. The van der Waals surface area contributed by atoms with Gasteiger partial charge < -0.3 is 5.73 Å². The standard InChI is InChI=1S/C8H14N4O3S2/c1-6(16(2)13)3-12-17(14,15)7-4-10-8(9)11-5-7/h4-6,12H,3H2,1-2H3,(H2,9,10,11). The van der Waals surface area contributed by atoms with Crippen LogP contribution in [0.5, 0.6) is 0 Å². The van der Waals surface area contributed by atoms with E-state index >= 15 is 0 Å². The molecule has 0 saturated heterocycles. The van der Waals surface area contributed by atoms with Gasteiger partial charge in [-0.1, -0.05) is 0 Å². The van der Waals surface area contributed by atoms with Gasteiger partial charge in [-0.2, -0.15) is 0 Å². The molecule has 1 heterocycles. The molecule has 0 radical (unpaired) electrons. The molecule has 3 N–H and O–H groups in total. The van der Waals surface area contributed by atoms with Crippen LogP contribution in [0, 0.1) is 0 Å². The molecule has 9 heteroatoms. The highest BCUT2D eigenvalue weighted by Gasteiger charge is 2.17. The third-order valence-electron chi connectivity index (χ3n) is 2.09. The number of nitrogen functional groups attached to an aromatic ring is 1. The second kappa shape index (κ2) is 5.52. The van der Waals surface area contributed by atoms with Crippen LogP contribution >= 0.6 is 0 Å². The molecule has 2 unspecified atom stereocenters. The van der Waals surface area contributed by atoms with E-state index in [1.165, 1.54) is 6.26 Å². The van der Waals surface area contributed by atoms with E-state index in [4.69, 9.17) is 5.73 Å². The second-order valence-corrected chi connectivity index (χ2v) is 7.01. The molecule has 7 nitrogen and oxygen atoms in total. The number of hydrogen-bond donors (Lipinski definition) is 2. The predicted octanol–water partition coefficient (Wildman–Crippen LogP) is -0.896. The molecule has 0 amide bonds. The lowest BCUT2D eigenvalue weighted by Gasteiger charge is -2.10. The average Bonchev–Trinajstić information content (AvgIpc) is 2.26. The summed E-state index contributed by atoms with van der Waals surface area (Å²) in [6.45, 7) is 1.79.